The minimum Gasteiger partial charge on any atom is -0.481 e. The van der Waals surface area contributed by atoms with E-state index in [1.807, 2.05) is 19.9 Å². The number of rotatable bonds is 6. The summed E-state index contributed by atoms with van der Waals surface area (Å²) >= 11 is 1.43. The number of hydrogen-bond donors (Lipinski definition) is 2. The molecule has 0 saturated carbocycles. The van der Waals surface area contributed by atoms with Gasteiger partial charge in [-0.3, -0.25) is 9.59 Å². The maximum Gasteiger partial charge on any atom is 0.315 e. The molecule has 1 aromatic carbocycles. The van der Waals surface area contributed by atoms with Gasteiger partial charge in [-0.25, -0.2) is 4.98 Å². The summed E-state index contributed by atoms with van der Waals surface area (Å²) in [5.41, 5.74) is -0.207. The number of amides is 1. The molecule has 1 aromatic heterocycles. The first-order valence-electron chi connectivity index (χ1n) is 7.37. The molecule has 0 radical (unpaired) electrons. The normalized spacial score (nSPS) is 13.6. The van der Waals surface area contributed by atoms with Crippen molar-refractivity contribution in [2.24, 2.45) is 0 Å². The largest absolute Gasteiger partial charge is 0.481 e. The maximum atomic E-state index is 12.2. The lowest BCUT2D eigenvalue weighted by atomic mass is 9.82. The fourth-order valence-electron chi connectivity index (χ4n) is 2.11. The Kier molecular flexibility index (Phi) is 5.15. The summed E-state index contributed by atoms with van der Waals surface area (Å²) in [6.07, 6.45) is 0. The maximum absolute atomic E-state index is 12.2. The van der Waals surface area contributed by atoms with Crippen LogP contribution in [0.15, 0.2) is 35.7 Å². The van der Waals surface area contributed by atoms with Gasteiger partial charge in [0.15, 0.2) is 0 Å². The Bertz CT molecular complexity index is 697. The Balaban J connectivity index is 2.12. The summed E-state index contributed by atoms with van der Waals surface area (Å²) in [4.78, 5) is 28.2. The average molecular weight is 332 g/mol. The molecule has 0 aliphatic rings. The summed E-state index contributed by atoms with van der Waals surface area (Å²) < 4.78 is 0. The highest BCUT2D eigenvalue weighted by Gasteiger charge is 2.35. The lowest BCUT2D eigenvalue weighted by molar-refractivity contribution is -0.142. The summed E-state index contributed by atoms with van der Waals surface area (Å²) in [7, 11) is 0. The lowest BCUT2D eigenvalue weighted by Crippen LogP contribution is -2.44. The summed E-state index contributed by atoms with van der Waals surface area (Å²) in [5.74, 6) is -1.07. The van der Waals surface area contributed by atoms with Crippen LogP contribution in [-0.2, 0) is 10.2 Å². The molecular formula is C17H20N2O3S. The molecule has 0 bridgehead atoms. The number of carboxylic acids is 1. The molecule has 23 heavy (non-hydrogen) atoms. The van der Waals surface area contributed by atoms with Crippen LogP contribution in [0.5, 0.6) is 0 Å². The zero-order valence-corrected chi connectivity index (χ0v) is 14.2. The second-order valence-electron chi connectivity index (χ2n) is 5.91. The summed E-state index contributed by atoms with van der Waals surface area (Å²) in [6, 6.07) is 8.90. The molecule has 2 N–H and O–H groups in total. The fourth-order valence-corrected chi connectivity index (χ4v) is 2.93. The average Bonchev–Trinajstić information content (AvgIpc) is 3.03. The minimum atomic E-state index is -1.19. The molecule has 6 heteroatoms. The number of hydrogen-bond acceptors (Lipinski definition) is 4. The first kappa shape index (κ1) is 17.1. The predicted molar refractivity (Wildman–Crippen MR) is 90.0 cm³/mol. The van der Waals surface area contributed by atoms with E-state index < -0.39 is 11.4 Å². The molecule has 0 fully saturated rings. The van der Waals surface area contributed by atoms with Crippen LogP contribution >= 0.6 is 11.3 Å². The van der Waals surface area contributed by atoms with Crippen LogP contribution < -0.4 is 5.32 Å². The molecule has 1 amide bonds. The van der Waals surface area contributed by atoms with Crippen molar-refractivity contribution in [3.63, 3.8) is 0 Å². The number of aromatic nitrogens is 1. The third kappa shape index (κ3) is 3.76. The molecular weight excluding hydrogens is 312 g/mol. The fraction of sp³-hybridized carbons (Fsp3) is 0.353. The third-order valence-electron chi connectivity index (χ3n) is 3.73. The van der Waals surface area contributed by atoms with Crippen molar-refractivity contribution in [1.82, 2.24) is 10.3 Å². The SMILES string of the molecule is CC(C)c1nc(C(=O)NCC(C)(C(=O)O)c2ccccc2)cs1. The first-order chi connectivity index (χ1) is 10.8. The van der Waals surface area contributed by atoms with E-state index in [0.717, 1.165) is 5.01 Å². The number of carboxylic acid groups (broad SMARTS) is 1. The standard InChI is InChI=1S/C17H20N2O3S/c1-11(2)15-19-13(9-23-15)14(20)18-10-17(3,16(21)22)12-7-5-4-6-8-12/h4-9,11H,10H2,1-3H3,(H,18,20)(H,21,22). The first-order valence-corrected chi connectivity index (χ1v) is 8.25. The van der Waals surface area contributed by atoms with Crippen LogP contribution in [0.4, 0.5) is 0 Å². The second kappa shape index (κ2) is 6.91. The number of benzene rings is 1. The summed E-state index contributed by atoms with van der Waals surface area (Å²) in [5, 5.41) is 14.9. The van der Waals surface area contributed by atoms with E-state index in [1.165, 1.54) is 11.3 Å². The topological polar surface area (TPSA) is 79.3 Å². The van der Waals surface area contributed by atoms with Gasteiger partial charge in [0.1, 0.15) is 11.1 Å². The number of carbonyl (C=O) groups excluding carboxylic acids is 1. The zero-order valence-electron chi connectivity index (χ0n) is 13.4. The predicted octanol–water partition coefficient (Wildman–Crippen LogP) is 3.04. The van der Waals surface area contributed by atoms with Crippen LogP contribution in [0.3, 0.4) is 0 Å². The number of nitrogens with one attached hydrogen (secondary N) is 1. The summed E-state index contributed by atoms with van der Waals surface area (Å²) in [6.45, 7) is 5.63. The highest BCUT2D eigenvalue weighted by Crippen LogP contribution is 2.24. The molecule has 0 aliphatic carbocycles. The Hall–Kier alpha value is -2.21. The van der Waals surface area contributed by atoms with Gasteiger partial charge in [-0.15, -0.1) is 11.3 Å². The second-order valence-corrected chi connectivity index (χ2v) is 6.80. The van der Waals surface area contributed by atoms with Crippen molar-refractivity contribution >= 4 is 23.2 Å². The van der Waals surface area contributed by atoms with Crippen molar-refractivity contribution in [1.29, 1.82) is 0 Å². The monoisotopic (exact) mass is 332 g/mol. The molecule has 122 valence electrons. The van der Waals surface area contributed by atoms with Gasteiger partial charge in [0, 0.05) is 17.8 Å². The molecule has 2 aromatic rings. The van der Waals surface area contributed by atoms with Crippen LogP contribution in [0.1, 0.15) is 47.7 Å². The van der Waals surface area contributed by atoms with Crippen LogP contribution in [0.2, 0.25) is 0 Å². The van der Waals surface area contributed by atoms with Gasteiger partial charge in [0.25, 0.3) is 5.91 Å². The quantitative estimate of drug-likeness (QED) is 0.852. The van der Waals surface area contributed by atoms with Crippen LogP contribution in [0.25, 0.3) is 0 Å². The number of aliphatic carboxylic acids is 1. The number of carbonyl (C=O) groups is 2. The Labute approximate surface area is 139 Å². The van der Waals surface area contributed by atoms with Crippen molar-refractivity contribution in [3.8, 4) is 0 Å². The van der Waals surface area contributed by atoms with Gasteiger partial charge in [0.2, 0.25) is 0 Å². The minimum absolute atomic E-state index is 0.000279. The Morgan fingerprint density at radius 1 is 1.30 bits per heavy atom. The molecule has 1 unspecified atom stereocenters. The highest BCUT2D eigenvalue weighted by atomic mass is 32.1. The molecule has 0 spiro atoms. The van der Waals surface area contributed by atoms with Crippen molar-refractivity contribution in [2.45, 2.75) is 32.1 Å². The molecule has 1 heterocycles. The van der Waals surface area contributed by atoms with Gasteiger partial charge in [-0.05, 0) is 12.5 Å². The smallest absolute Gasteiger partial charge is 0.315 e. The molecule has 5 nitrogen and oxygen atoms in total. The van der Waals surface area contributed by atoms with Gasteiger partial charge >= 0.3 is 5.97 Å². The number of nitrogens with zero attached hydrogens (tertiary/aromatic N) is 1. The Morgan fingerprint density at radius 3 is 2.48 bits per heavy atom. The molecule has 1 atom stereocenters. The lowest BCUT2D eigenvalue weighted by Gasteiger charge is -2.25. The van der Waals surface area contributed by atoms with E-state index >= 15 is 0 Å². The van der Waals surface area contributed by atoms with Crippen molar-refractivity contribution < 1.29 is 14.7 Å². The molecule has 0 aliphatic heterocycles. The van der Waals surface area contributed by atoms with E-state index in [4.69, 9.17) is 0 Å². The van der Waals surface area contributed by atoms with E-state index in [-0.39, 0.29) is 18.4 Å². The molecule has 2 rings (SSSR count). The van der Waals surface area contributed by atoms with Crippen LogP contribution in [0, 0.1) is 0 Å². The number of thiazole rings is 1. The van der Waals surface area contributed by atoms with E-state index in [9.17, 15) is 14.7 Å². The zero-order chi connectivity index (χ0) is 17.0. The van der Waals surface area contributed by atoms with E-state index in [0.29, 0.717) is 11.3 Å². The van der Waals surface area contributed by atoms with Crippen LogP contribution in [-0.4, -0.2) is 28.5 Å². The molecule has 0 saturated heterocycles. The van der Waals surface area contributed by atoms with Gasteiger partial charge < -0.3 is 10.4 Å². The highest BCUT2D eigenvalue weighted by molar-refractivity contribution is 7.09. The van der Waals surface area contributed by atoms with Crippen molar-refractivity contribution in [3.05, 3.63) is 52.0 Å². The van der Waals surface area contributed by atoms with Gasteiger partial charge in [0.05, 0.1) is 5.01 Å². The van der Waals surface area contributed by atoms with Gasteiger partial charge in [-0.1, -0.05) is 44.2 Å². The van der Waals surface area contributed by atoms with Gasteiger partial charge in [-0.2, -0.15) is 0 Å². The van der Waals surface area contributed by atoms with E-state index in [1.54, 1.807) is 36.6 Å². The van der Waals surface area contributed by atoms with E-state index in [2.05, 4.69) is 10.3 Å². The Morgan fingerprint density at radius 2 is 1.96 bits per heavy atom. The van der Waals surface area contributed by atoms with Crippen molar-refractivity contribution in [2.75, 3.05) is 6.54 Å². The third-order valence-corrected chi connectivity index (χ3v) is 4.88.